The fraction of sp³-hybridized carbons (Fsp3) is 0.182. The molecule has 5 heteroatoms. The molecule has 4 nitrogen and oxygen atoms in total. The van der Waals surface area contributed by atoms with Crippen molar-refractivity contribution in [2.24, 2.45) is 0 Å². The second-order valence-corrected chi connectivity index (χ2v) is 7.59. The summed E-state index contributed by atoms with van der Waals surface area (Å²) in [5, 5.41) is 15.6. The summed E-state index contributed by atoms with van der Waals surface area (Å²) in [6.45, 7) is 2.96. The third-order valence-corrected chi connectivity index (χ3v) is 5.40. The van der Waals surface area contributed by atoms with Crippen molar-refractivity contribution in [3.8, 4) is 5.75 Å². The average Bonchev–Trinajstić information content (AvgIpc) is 3.03. The van der Waals surface area contributed by atoms with E-state index in [1.807, 2.05) is 30.3 Å². The van der Waals surface area contributed by atoms with E-state index in [-0.39, 0.29) is 0 Å². The number of rotatable bonds is 6. The Bertz CT molecular complexity index is 1090. The number of aromatic nitrogens is 1. The number of aliphatic hydroxyl groups excluding tert-OH is 1. The molecule has 0 bridgehead atoms. The van der Waals surface area contributed by atoms with E-state index < -0.39 is 6.10 Å². The number of benzene rings is 3. The summed E-state index contributed by atoms with van der Waals surface area (Å²) in [5.74, 6) is 0.861. The van der Waals surface area contributed by atoms with E-state index in [1.54, 1.807) is 6.92 Å². The van der Waals surface area contributed by atoms with Crippen molar-refractivity contribution in [2.75, 3.05) is 18.5 Å². The number of fused-ring (bicyclic) bond motifs is 3. The number of H-pyrrole nitrogens is 1. The second kappa shape index (κ2) is 7.67. The van der Waals surface area contributed by atoms with Crippen LogP contribution in [0.4, 0.5) is 5.69 Å². The summed E-state index contributed by atoms with van der Waals surface area (Å²) >= 11 is 2.59. The Labute approximate surface area is 167 Å². The van der Waals surface area contributed by atoms with Crippen LogP contribution in [0.25, 0.3) is 21.8 Å². The molecule has 1 aromatic heterocycles. The SMILES string of the molecule is CC(O)c1ccccc1NCCOc1cc2[nH]c3ccccc3c2cc1[As]. The molecule has 1 atom stereocenters. The van der Waals surface area contributed by atoms with E-state index in [0.717, 1.165) is 32.4 Å². The van der Waals surface area contributed by atoms with Gasteiger partial charge in [0.1, 0.15) is 0 Å². The maximum atomic E-state index is 9.86. The van der Waals surface area contributed by atoms with Gasteiger partial charge in [-0.2, -0.15) is 0 Å². The topological polar surface area (TPSA) is 57.3 Å². The van der Waals surface area contributed by atoms with Gasteiger partial charge in [-0.1, -0.05) is 0 Å². The van der Waals surface area contributed by atoms with Crippen molar-refractivity contribution in [1.82, 2.24) is 4.98 Å². The number of hydrogen-bond donors (Lipinski definition) is 3. The Kier molecular flexibility index (Phi) is 5.11. The number of para-hydroxylation sites is 2. The zero-order chi connectivity index (χ0) is 18.8. The van der Waals surface area contributed by atoms with Gasteiger partial charge in [0.25, 0.3) is 0 Å². The van der Waals surface area contributed by atoms with Gasteiger partial charge in [0.15, 0.2) is 0 Å². The minimum absolute atomic E-state index is 0.501. The minimum atomic E-state index is -0.501. The van der Waals surface area contributed by atoms with Crippen LogP contribution < -0.4 is 14.4 Å². The number of nitrogens with one attached hydrogen (secondary N) is 2. The van der Waals surface area contributed by atoms with Crippen molar-refractivity contribution >= 4 is 48.7 Å². The molecular formula is C22H21AsN2O2. The van der Waals surface area contributed by atoms with Crippen LogP contribution in [0.5, 0.6) is 5.75 Å². The van der Waals surface area contributed by atoms with Crippen LogP contribution in [0.15, 0.2) is 60.7 Å². The fourth-order valence-electron chi connectivity index (χ4n) is 3.35. The third kappa shape index (κ3) is 3.69. The first-order chi connectivity index (χ1) is 13.1. The van der Waals surface area contributed by atoms with Gasteiger partial charge in [0.05, 0.1) is 0 Å². The number of aromatic amines is 1. The average molecular weight is 420 g/mol. The van der Waals surface area contributed by atoms with E-state index in [4.69, 9.17) is 4.74 Å². The Balaban J connectivity index is 1.46. The molecule has 4 aromatic rings. The summed E-state index contributed by atoms with van der Waals surface area (Å²) in [4.78, 5) is 3.45. The first-order valence-corrected chi connectivity index (χ1v) is 9.94. The van der Waals surface area contributed by atoms with Gasteiger partial charge in [-0.25, -0.2) is 0 Å². The molecule has 3 N–H and O–H groups in total. The summed E-state index contributed by atoms with van der Waals surface area (Å²) in [7, 11) is 0. The van der Waals surface area contributed by atoms with Gasteiger partial charge in [-0.05, 0) is 0 Å². The van der Waals surface area contributed by atoms with Gasteiger partial charge >= 0.3 is 167 Å². The number of ether oxygens (including phenoxy) is 1. The van der Waals surface area contributed by atoms with E-state index in [2.05, 4.69) is 57.5 Å². The molecule has 0 fully saturated rings. The first-order valence-electron chi connectivity index (χ1n) is 9.00. The summed E-state index contributed by atoms with van der Waals surface area (Å²) < 4.78 is 7.06. The summed E-state index contributed by atoms with van der Waals surface area (Å²) in [6, 6.07) is 20.3. The number of aliphatic hydroxyl groups is 1. The summed E-state index contributed by atoms with van der Waals surface area (Å²) in [5.41, 5.74) is 4.04. The van der Waals surface area contributed by atoms with Gasteiger partial charge in [-0.3, -0.25) is 0 Å². The van der Waals surface area contributed by atoms with Crippen LogP contribution in [0.1, 0.15) is 18.6 Å². The van der Waals surface area contributed by atoms with Crippen molar-refractivity contribution in [3.05, 3.63) is 66.2 Å². The Morgan fingerprint density at radius 3 is 2.67 bits per heavy atom. The first kappa shape index (κ1) is 18.0. The van der Waals surface area contributed by atoms with Crippen LogP contribution in [0.3, 0.4) is 0 Å². The molecular weight excluding hydrogens is 399 g/mol. The normalized spacial score (nSPS) is 12.4. The predicted molar refractivity (Wildman–Crippen MR) is 112 cm³/mol. The van der Waals surface area contributed by atoms with Gasteiger partial charge in [0, 0.05) is 0 Å². The number of hydrogen-bond acceptors (Lipinski definition) is 3. The zero-order valence-corrected chi connectivity index (χ0v) is 16.9. The Hall–Kier alpha value is -2.42. The molecule has 2 radical (unpaired) electrons. The van der Waals surface area contributed by atoms with Crippen LogP contribution in [-0.4, -0.2) is 40.1 Å². The van der Waals surface area contributed by atoms with Crippen LogP contribution >= 0.6 is 0 Å². The molecule has 4 rings (SSSR count). The van der Waals surface area contributed by atoms with Gasteiger partial charge in [0.2, 0.25) is 0 Å². The molecule has 3 aromatic carbocycles. The molecule has 1 unspecified atom stereocenters. The molecule has 0 saturated heterocycles. The second-order valence-electron chi connectivity index (χ2n) is 6.57. The molecule has 0 saturated carbocycles. The maximum absolute atomic E-state index is 9.86. The van der Waals surface area contributed by atoms with Gasteiger partial charge < -0.3 is 0 Å². The zero-order valence-electron chi connectivity index (χ0n) is 15.1. The molecule has 0 amide bonds. The summed E-state index contributed by atoms with van der Waals surface area (Å²) in [6.07, 6.45) is -0.501. The standard InChI is InChI=1S/C22H21AsN2O2/c1-14(26)15-6-2-4-8-19(15)24-10-11-27-22-13-21-17(12-18(22)23)16-7-3-5-9-20(16)25-21/h2-9,12-14,24-26H,10-11H2,1H3. The van der Waals surface area contributed by atoms with E-state index >= 15 is 0 Å². The van der Waals surface area contributed by atoms with Gasteiger partial charge in [-0.15, -0.1) is 0 Å². The Morgan fingerprint density at radius 2 is 1.81 bits per heavy atom. The van der Waals surface area contributed by atoms with Crippen molar-refractivity contribution in [1.29, 1.82) is 0 Å². The quantitative estimate of drug-likeness (QED) is 0.330. The molecule has 0 aliphatic carbocycles. The molecule has 1 heterocycles. The monoisotopic (exact) mass is 420 g/mol. The van der Waals surface area contributed by atoms with Crippen LogP contribution in [0, 0.1) is 0 Å². The van der Waals surface area contributed by atoms with E-state index in [9.17, 15) is 5.11 Å². The molecule has 0 aliphatic heterocycles. The molecule has 27 heavy (non-hydrogen) atoms. The molecule has 0 aliphatic rings. The van der Waals surface area contributed by atoms with Crippen molar-refractivity contribution in [2.45, 2.75) is 13.0 Å². The van der Waals surface area contributed by atoms with Crippen LogP contribution in [-0.2, 0) is 0 Å². The molecule has 136 valence electrons. The third-order valence-electron chi connectivity index (χ3n) is 4.67. The van der Waals surface area contributed by atoms with Crippen molar-refractivity contribution < 1.29 is 9.84 Å². The predicted octanol–water partition coefficient (Wildman–Crippen LogP) is 3.66. The Morgan fingerprint density at radius 1 is 1.04 bits per heavy atom. The molecule has 0 spiro atoms. The van der Waals surface area contributed by atoms with Crippen LogP contribution in [0.2, 0.25) is 0 Å². The van der Waals surface area contributed by atoms with E-state index in [1.165, 1.54) is 10.8 Å². The van der Waals surface area contributed by atoms with Crippen molar-refractivity contribution in [3.63, 3.8) is 0 Å². The fourth-order valence-corrected chi connectivity index (χ4v) is 3.89. The van der Waals surface area contributed by atoms with E-state index in [0.29, 0.717) is 13.2 Å². The number of anilines is 1.